The lowest BCUT2D eigenvalue weighted by molar-refractivity contribution is 0.101. The van der Waals surface area contributed by atoms with Crippen LogP contribution in [-0.4, -0.2) is 27.6 Å². The van der Waals surface area contributed by atoms with Gasteiger partial charge in [0, 0.05) is 42.8 Å². The molecule has 1 atom stereocenters. The maximum atomic E-state index is 12.9. The molecule has 2 aromatic heterocycles. The largest absolute Gasteiger partial charge is 0.404 e. The summed E-state index contributed by atoms with van der Waals surface area (Å²) in [4.78, 5) is 25.1. The minimum atomic E-state index is -0.306. The lowest BCUT2D eigenvalue weighted by Gasteiger charge is -2.28. The van der Waals surface area contributed by atoms with Crippen molar-refractivity contribution in [2.24, 2.45) is 11.7 Å². The quantitative estimate of drug-likeness (QED) is 0.399. The summed E-state index contributed by atoms with van der Waals surface area (Å²) in [6.45, 7) is 14.1. The van der Waals surface area contributed by atoms with Crippen LogP contribution in [0.1, 0.15) is 68.7 Å². The monoisotopic (exact) mass is 461 g/mol. The summed E-state index contributed by atoms with van der Waals surface area (Å²) in [5.74, 6) is 0.0326. The number of nitrogens with one attached hydrogen (secondary N) is 1. The number of aromatic nitrogens is 3. The first-order valence-corrected chi connectivity index (χ1v) is 11.4. The lowest BCUT2D eigenvalue weighted by atomic mass is 9.89. The summed E-state index contributed by atoms with van der Waals surface area (Å²) in [6, 6.07) is 3.48. The van der Waals surface area contributed by atoms with Crippen LogP contribution < -0.4 is 16.5 Å². The number of nitrogens with two attached hydrogens (primary N) is 1. The second-order valence-electron chi connectivity index (χ2n) is 8.47. The standard InChI is InChI=1S/C27H35N5O2/c1-8-24(17(2)3)32-16-23(20(6)33)26(34)13-25(32)19(5)27(22-10-12-30-31-15-22)18(4)21(14-28)9-11-29-7/h9-17,24,29H,4,8,28H2,1-3,5-7H3/b11-9-,21-14+,27-19-/t24-/m0/s1. The molecule has 180 valence electrons. The predicted octanol–water partition coefficient (Wildman–Crippen LogP) is 4.51. The number of allylic oxidation sites excluding steroid dienone is 5. The van der Waals surface area contributed by atoms with Crippen molar-refractivity contribution in [2.45, 2.75) is 47.1 Å². The Bertz CT molecular complexity index is 1190. The molecule has 7 nitrogen and oxygen atoms in total. The molecular weight excluding hydrogens is 426 g/mol. The van der Waals surface area contributed by atoms with Crippen molar-refractivity contribution in [2.75, 3.05) is 7.05 Å². The number of hydrogen-bond donors (Lipinski definition) is 2. The summed E-state index contributed by atoms with van der Waals surface area (Å²) in [5, 5.41) is 10.9. The highest BCUT2D eigenvalue weighted by atomic mass is 16.1. The van der Waals surface area contributed by atoms with Crippen molar-refractivity contribution in [3.63, 3.8) is 0 Å². The van der Waals surface area contributed by atoms with Crippen LogP contribution in [0.4, 0.5) is 0 Å². The number of pyridine rings is 1. The van der Waals surface area contributed by atoms with E-state index < -0.39 is 0 Å². The van der Waals surface area contributed by atoms with Gasteiger partial charge < -0.3 is 15.6 Å². The van der Waals surface area contributed by atoms with Crippen LogP contribution in [-0.2, 0) is 0 Å². The van der Waals surface area contributed by atoms with Crippen molar-refractivity contribution in [3.8, 4) is 0 Å². The van der Waals surface area contributed by atoms with Crippen molar-refractivity contribution >= 4 is 16.9 Å². The average molecular weight is 462 g/mol. The number of carbonyl (C=O) groups is 1. The van der Waals surface area contributed by atoms with Crippen LogP contribution in [0.3, 0.4) is 0 Å². The fourth-order valence-corrected chi connectivity index (χ4v) is 4.14. The number of nitrogens with zero attached hydrogens (tertiary/aromatic N) is 3. The molecule has 0 bridgehead atoms. The minimum absolute atomic E-state index is 0.0856. The number of rotatable bonds is 10. The Kier molecular flexibility index (Phi) is 9.30. The first kappa shape index (κ1) is 26.5. The zero-order chi connectivity index (χ0) is 25.4. The van der Waals surface area contributed by atoms with Crippen LogP contribution in [0.15, 0.2) is 71.7 Å². The summed E-state index contributed by atoms with van der Waals surface area (Å²) >= 11 is 0. The van der Waals surface area contributed by atoms with E-state index in [2.05, 4.69) is 47.4 Å². The van der Waals surface area contributed by atoms with E-state index in [0.29, 0.717) is 11.1 Å². The molecule has 2 rings (SSSR count). The van der Waals surface area contributed by atoms with Crippen molar-refractivity contribution in [3.05, 3.63) is 94.0 Å². The molecule has 0 spiro atoms. The van der Waals surface area contributed by atoms with E-state index in [1.807, 2.05) is 19.1 Å². The molecule has 0 radical (unpaired) electrons. The molecule has 0 amide bonds. The summed E-state index contributed by atoms with van der Waals surface area (Å²) < 4.78 is 2.05. The van der Waals surface area contributed by atoms with Crippen LogP contribution in [0.25, 0.3) is 11.1 Å². The predicted molar refractivity (Wildman–Crippen MR) is 139 cm³/mol. The second-order valence-corrected chi connectivity index (χ2v) is 8.47. The van der Waals surface area contributed by atoms with Gasteiger partial charge in [0.25, 0.3) is 0 Å². The molecule has 2 heterocycles. The lowest BCUT2D eigenvalue weighted by Crippen LogP contribution is -2.24. The van der Waals surface area contributed by atoms with E-state index >= 15 is 0 Å². The Hall–Kier alpha value is -3.74. The van der Waals surface area contributed by atoms with Crippen molar-refractivity contribution < 1.29 is 4.79 Å². The zero-order valence-electron chi connectivity index (χ0n) is 20.9. The van der Waals surface area contributed by atoms with Gasteiger partial charge in [0.1, 0.15) is 0 Å². The number of ketones is 1. The van der Waals surface area contributed by atoms with Gasteiger partial charge in [-0.1, -0.05) is 27.4 Å². The van der Waals surface area contributed by atoms with Gasteiger partial charge in [-0.3, -0.25) is 9.59 Å². The normalized spacial score (nSPS) is 13.7. The van der Waals surface area contributed by atoms with Gasteiger partial charge in [-0.05, 0) is 66.8 Å². The Morgan fingerprint density at radius 1 is 1.29 bits per heavy atom. The second kappa shape index (κ2) is 11.9. The first-order valence-electron chi connectivity index (χ1n) is 11.4. The van der Waals surface area contributed by atoms with Crippen LogP contribution in [0, 0.1) is 5.92 Å². The van der Waals surface area contributed by atoms with Gasteiger partial charge in [-0.25, -0.2) is 0 Å². The molecular formula is C27H35N5O2. The van der Waals surface area contributed by atoms with E-state index in [9.17, 15) is 9.59 Å². The molecule has 0 aromatic carbocycles. The molecule has 0 unspecified atom stereocenters. The molecule has 0 aliphatic heterocycles. The van der Waals surface area contributed by atoms with Gasteiger partial charge >= 0.3 is 0 Å². The number of hydrogen-bond acceptors (Lipinski definition) is 6. The highest BCUT2D eigenvalue weighted by Gasteiger charge is 2.22. The van der Waals surface area contributed by atoms with Crippen LogP contribution in [0.5, 0.6) is 0 Å². The van der Waals surface area contributed by atoms with Gasteiger partial charge in [-0.2, -0.15) is 10.2 Å². The van der Waals surface area contributed by atoms with Crippen molar-refractivity contribution in [1.29, 1.82) is 0 Å². The fourth-order valence-electron chi connectivity index (χ4n) is 4.14. The molecule has 0 aliphatic rings. The van der Waals surface area contributed by atoms with Crippen LogP contribution in [0.2, 0.25) is 0 Å². The Labute approximate surface area is 201 Å². The average Bonchev–Trinajstić information content (AvgIpc) is 2.81. The topological polar surface area (TPSA) is 103 Å². The maximum absolute atomic E-state index is 12.9. The van der Waals surface area contributed by atoms with E-state index in [0.717, 1.165) is 28.8 Å². The smallest absolute Gasteiger partial charge is 0.192 e. The van der Waals surface area contributed by atoms with Crippen molar-refractivity contribution in [1.82, 2.24) is 20.1 Å². The molecule has 3 N–H and O–H groups in total. The molecule has 0 aliphatic carbocycles. The summed E-state index contributed by atoms with van der Waals surface area (Å²) in [6.07, 6.45) is 10.9. The summed E-state index contributed by atoms with van der Waals surface area (Å²) in [5.41, 5.74) is 10.3. The van der Waals surface area contributed by atoms with E-state index in [1.54, 1.807) is 37.9 Å². The Morgan fingerprint density at radius 2 is 2.00 bits per heavy atom. The Balaban J connectivity index is 2.96. The molecule has 0 fully saturated rings. The van der Waals surface area contributed by atoms with Gasteiger partial charge in [0.15, 0.2) is 11.2 Å². The van der Waals surface area contributed by atoms with Gasteiger partial charge in [0.2, 0.25) is 0 Å². The first-order chi connectivity index (χ1) is 16.2. The van der Waals surface area contributed by atoms with Gasteiger partial charge in [0.05, 0.1) is 18.0 Å². The molecule has 2 aromatic rings. The van der Waals surface area contributed by atoms with Crippen LogP contribution >= 0.6 is 0 Å². The summed E-state index contributed by atoms with van der Waals surface area (Å²) in [7, 11) is 1.80. The third-order valence-electron chi connectivity index (χ3n) is 5.90. The van der Waals surface area contributed by atoms with Gasteiger partial charge in [-0.15, -0.1) is 0 Å². The highest BCUT2D eigenvalue weighted by molar-refractivity contribution is 6.00. The zero-order valence-corrected chi connectivity index (χ0v) is 20.9. The number of Topliss-reactive ketones (excluding diaryl/α,β-unsaturated/α-hetero) is 1. The molecule has 7 heteroatoms. The van der Waals surface area contributed by atoms with E-state index in [4.69, 9.17) is 5.73 Å². The minimum Gasteiger partial charge on any atom is -0.404 e. The van der Waals surface area contributed by atoms with E-state index in [1.165, 1.54) is 13.1 Å². The van der Waals surface area contributed by atoms with E-state index in [-0.39, 0.29) is 28.7 Å². The maximum Gasteiger partial charge on any atom is 0.192 e. The fraction of sp³-hybridized carbons (Fsp3) is 0.333. The third-order valence-corrected chi connectivity index (χ3v) is 5.90. The third kappa shape index (κ3) is 5.78. The molecule has 34 heavy (non-hydrogen) atoms. The molecule has 0 saturated heterocycles. The molecule has 0 saturated carbocycles. The Morgan fingerprint density at radius 3 is 2.50 bits per heavy atom. The SMILES string of the molecule is C=C(/C(=C(\C)c1cc(=O)c(C(C)=O)cn1[C@@H](CC)C(C)C)c1ccnnc1)C(/C=C\NC)=C/N. The number of carbonyl (C=O) groups excluding carboxylic acids is 1. The highest BCUT2D eigenvalue weighted by Crippen LogP contribution is 2.36.